The van der Waals surface area contributed by atoms with Gasteiger partial charge >= 0.3 is 0 Å². The van der Waals surface area contributed by atoms with Crippen molar-refractivity contribution in [2.24, 2.45) is 0 Å². The fourth-order valence-electron chi connectivity index (χ4n) is 2.84. The molecular formula is C22H34N2OS. The van der Waals surface area contributed by atoms with Gasteiger partial charge in [-0.15, -0.1) is 12.6 Å². The molecular weight excluding hydrogens is 340 g/mol. The van der Waals surface area contributed by atoms with E-state index in [0.29, 0.717) is 6.42 Å². The molecule has 0 aromatic heterocycles. The van der Waals surface area contributed by atoms with Gasteiger partial charge in [0.2, 0.25) is 5.91 Å². The van der Waals surface area contributed by atoms with Gasteiger partial charge in [0.05, 0.1) is 0 Å². The molecule has 1 aliphatic carbocycles. The zero-order chi connectivity index (χ0) is 19.2. The Morgan fingerprint density at radius 2 is 1.88 bits per heavy atom. The zero-order valence-corrected chi connectivity index (χ0v) is 17.2. The molecule has 0 saturated heterocycles. The molecule has 0 unspecified atom stereocenters. The highest BCUT2D eigenvalue weighted by atomic mass is 32.1. The van der Waals surface area contributed by atoms with Crippen LogP contribution in [0.3, 0.4) is 0 Å². The SMILES string of the molecule is C=C(NCCCCCCCC(=O)NC1=CCCC=C1)C(=C/C)/C(S)=C\C. The van der Waals surface area contributed by atoms with Gasteiger partial charge in [-0.2, -0.15) is 0 Å². The lowest BCUT2D eigenvalue weighted by molar-refractivity contribution is -0.120. The Morgan fingerprint density at radius 3 is 2.54 bits per heavy atom. The minimum Gasteiger partial charge on any atom is -0.385 e. The van der Waals surface area contributed by atoms with Gasteiger partial charge in [-0.05, 0) is 45.6 Å². The van der Waals surface area contributed by atoms with Crippen molar-refractivity contribution >= 4 is 18.5 Å². The lowest BCUT2D eigenvalue weighted by Crippen LogP contribution is -2.21. The highest BCUT2D eigenvalue weighted by molar-refractivity contribution is 7.84. The summed E-state index contributed by atoms with van der Waals surface area (Å²) in [6, 6.07) is 0. The lowest BCUT2D eigenvalue weighted by atomic mass is 10.1. The number of thiol groups is 1. The molecule has 0 aliphatic heterocycles. The van der Waals surface area contributed by atoms with Gasteiger partial charge in [0.15, 0.2) is 0 Å². The summed E-state index contributed by atoms with van der Waals surface area (Å²) in [5, 5.41) is 6.35. The molecule has 0 aromatic carbocycles. The number of hydrogen-bond acceptors (Lipinski definition) is 3. The second kappa shape index (κ2) is 13.5. The molecule has 0 spiro atoms. The van der Waals surface area contributed by atoms with Gasteiger partial charge in [-0.1, -0.05) is 50.1 Å². The van der Waals surface area contributed by atoms with E-state index in [9.17, 15) is 4.79 Å². The van der Waals surface area contributed by atoms with Crippen molar-refractivity contribution in [3.8, 4) is 0 Å². The van der Waals surface area contributed by atoms with Crippen LogP contribution in [-0.4, -0.2) is 12.5 Å². The Bertz CT molecular complexity index is 585. The zero-order valence-electron chi connectivity index (χ0n) is 16.3. The first-order valence-corrected chi connectivity index (χ1v) is 10.1. The van der Waals surface area contributed by atoms with Crippen LogP contribution in [0.25, 0.3) is 0 Å². The predicted molar refractivity (Wildman–Crippen MR) is 116 cm³/mol. The molecule has 2 N–H and O–H groups in total. The average Bonchev–Trinajstić information content (AvgIpc) is 2.65. The number of allylic oxidation sites excluding steroid dienone is 6. The first-order valence-electron chi connectivity index (χ1n) is 9.70. The van der Waals surface area contributed by atoms with Crippen LogP contribution in [0.1, 0.15) is 65.2 Å². The third-order valence-corrected chi connectivity index (χ3v) is 4.86. The average molecular weight is 375 g/mol. The molecule has 1 rings (SSSR count). The van der Waals surface area contributed by atoms with Crippen molar-refractivity contribution in [2.75, 3.05) is 6.54 Å². The van der Waals surface area contributed by atoms with Crippen molar-refractivity contribution in [1.82, 2.24) is 10.6 Å². The molecule has 3 nitrogen and oxygen atoms in total. The van der Waals surface area contributed by atoms with Crippen LogP contribution in [0, 0.1) is 0 Å². The van der Waals surface area contributed by atoms with Crippen LogP contribution in [-0.2, 0) is 4.79 Å². The van der Waals surface area contributed by atoms with Crippen LogP contribution < -0.4 is 10.6 Å². The van der Waals surface area contributed by atoms with Gasteiger partial charge in [0.25, 0.3) is 0 Å². The van der Waals surface area contributed by atoms with E-state index in [1.165, 1.54) is 0 Å². The molecule has 0 atom stereocenters. The van der Waals surface area contributed by atoms with Crippen LogP contribution in [0.4, 0.5) is 0 Å². The van der Waals surface area contributed by atoms with E-state index in [-0.39, 0.29) is 5.91 Å². The molecule has 144 valence electrons. The van der Waals surface area contributed by atoms with Crippen LogP contribution in [0.15, 0.2) is 58.8 Å². The topological polar surface area (TPSA) is 41.1 Å². The van der Waals surface area contributed by atoms with E-state index in [1.54, 1.807) is 0 Å². The summed E-state index contributed by atoms with van der Waals surface area (Å²) >= 11 is 4.46. The molecule has 0 heterocycles. The smallest absolute Gasteiger partial charge is 0.224 e. The van der Waals surface area contributed by atoms with E-state index >= 15 is 0 Å². The van der Waals surface area contributed by atoms with Gasteiger partial charge < -0.3 is 10.6 Å². The van der Waals surface area contributed by atoms with Crippen molar-refractivity contribution in [1.29, 1.82) is 0 Å². The first kappa shape index (κ1) is 22.4. The number of hydrogen-bond donors (Lipinski definition) is 3. The second-order valence-corrected chi connectivity index (χ2v) is 6.97. The highest BCUT2D eigenvalue weighted by Gasteiger charge is 2.05. The fraction of sp³-hybridized carbons (Fsp3) is 0.500. The minimum atomic E-state index is 0.131. The Morgan fingerprint density at radius 1 is 1.15 bits per heavy atom. The molecule has 0 aromatic rings. The van der Waals surface area contributed by atoms with Crippen molar-refractivity contribution in [2.45, 2.75) is 65.2 Å². The van der Waals surface area contributed by atoms with Crippen LogP contribution >= 0.6 is 12.6 Å². The maximum atomic E-state index is 11.9. The first-order chi connectivity index (χ1) is 12.6. The number of unbranched alkanes of at least 4 members (excludes halogenated alkanes) is 4. The number of carbonyl (C=O) groups is 1. The molecule has 0 saturated carbocycles. The van der Waals surface area contributed by atoms with E-state index < -0.39 is 0 Å². The summed E-state index contributed by atoms with van der Waals surface area (Å²) in [4.78, 5) is 12.8. The van der Waals surface area contributed by atoms with Gasteiger partial charge in [-0.25, -0.2) is 0 Å². The van der Waals surface area contributed by atoms with E-state index in [2.05, 4.69) is 42.0 Å². The van der Waals surface area contributed by atoms with Gasteiger partial charge in [0.1, 0.15) is 0 Å². The van der Waals surface area contributed by atoms with Crippen LogP contribution in [0.5, 0.6) is 0 Å². The molecule has 1 amide bonds. The summed E-state index contributed by atoms with van der Waals surface area (Å²) in [5.41, 5.74) is 2.94. The number of nitrogens with one attached hydrogen (secondary N) is 2. The Labute approximate surface area is 164 Å². The largest absolute Gasteiger partial charge is 0.385 e. The van der Waals surface area contributed by atoms with Crippen molar-refractivity contribution in [3.63, 3.8) is 0 Å². The molecule has 26 heavy (non-hydrogen) atoms. The minimum absolute atomic E-state index is 0.131. The maximum Gasteiger partial charge on any atom is 0.224 e. The monoisotopic (exact) mass is 374 g/mol. The van der Waals surface area contributed by atoms with E-state index in [1.807, 2.05) is 32.1 Å². The maximum absolute atomic E-state index is 11.9. The fourth-order valence-corrected chi connectivity index (χ4v) is 3.10. The summed E-state index contributed by atoms with van der Waals surface area (Å²) < 4.78 is 0. The quantitative estimate of drug-likeness (QED) is 0.238. The summed E-state index contributed by atoms with van der Waals surface area (Å²) in [6.07, 6.45) is 18.4. The Hall–Kier alpha value is -1.68. The van der Waals surface area contributed by atoms with Gasteiger partial charge in [-0.3, -0.25) is 4.79 Å². The molecule has 4 heteroatoms. The molecule has 0 bridgehead atoms. The molecule has 1 aliphatic rings. The molecule has 0 radical (unpaired) electrons. The van der Waals surface area contributed by atoms with Crippen molar-refractivity contribution < 1.29 is 4.79 Å². The van der Waals surface area contributed by atoms with Crippen molar-refractivity contribution in [3.05, 3.63) is 58.8 Å². The van der Waals surface area contributed by atoms with E-state index in [0.717, 1.165) is 73.4 Å². The van der Waals surface area contributed by atoms with Gasteiger partial charge in [0, 0.05) is 34.8 Å². The molecule has 0 fully saturated rings. The Balaban J connectivity index is 2.04. The summed E-state index contributed by atoms with van der Waals surface area (Å²) in [6.45, 7) is 8.98. The van der Waals surface area contributed by atoms with E-state index in [4.69, 9.17) is 0 Å². The standard InChI is InChI=1S/C22H34N2OS/c1-4-20(21(26)5-2)18(3)23-17-13-8-6-7-12-16-22(25)24-19-14-10-9-11-15-19/h4-5,10,14-15,23,26H,3,6-9,11-13,16-17H2,1-2H3,(H,24,25)/b20-4-,21-5+. The predicted octanol–water partition coefficient (Wildman–Crippen LogP) is 5.56. The normalized spacial score (nSPS) is 14.8. The Kier molecular flexibility index (Phi) is 11.6. The third kappa shape index (κ3) is 9.14. The number of carbonyl (C=O) groups excluding carboxylic acids is 1. The summed E-state index contributed by atoms with van der Waals surface area (Å²) in [7, 11) is 0. The number of amides is 1. The number of rotatable bonds is 12. The second-order valence-electron chi connectivity index (χ2n) is 6.49. The third-order valence-electron chi connectivity index (χ3n) is 4.36. The lowest BCUT2D eigenvalue weighted by Gasteiger charge is -2.13. The summed E-state index contributed by atoms with van der Waals surface area (Å²) in [5.74, 6) is 0.131. The highest BCUT2D eigenvalue weighted by Crippen LogP contribution is 2.19. The van der Waals surface area contributed by atoms with Crippen LogP contribution in [0.2, 0.25) is 0 Å².